The van der Waals surface area contributed by atoms with Gasteiger partial charge in [-0.2, -0.15) is 0 Å². The van der Waals surface area contributed by atoms with Gasteiger partial charge < -0.3 is 9.64 Å². The van der Waals surface area contributed by atoms with Crippen LogP contribution in [0.15, 0.2) is 54.6 Å². The Morgan fingerprint density at radius 3 is 2.42 bits per heavy atom. The van der Waals surface area contributed by atoms with Crippen molar-refractivity contribution in [1.29, 1.82) is 0 Å². The van der Waals surface area contributed by atoms with Crippen LogP contribution < -0.4 is 4.90 Å². The Labute approximate surface area is 193 Å². The predicted molar refractivity (Wildman–Crippen MR) is 131 cm³/mol. The van der Waals surface area contributed by atoms with Gasteiger partial charge >= 0.3 is 0 Å². The van der Waals surface area contributed by atoms with Crippen molar-refractivity contribution in [3.05, 3.63) is 65.2 Å². The number of nitrogens with zero attached hydrogens (tertiary/aromatic N) is 2. The van der Waals surface area contributed by atoms with Gasteiger partial charge in [-0.3, -0.25) is 4.90 Å². The summed E-state index contributed by atoms with van der Waals surface area (Å²) in [5.74, 6) is 0.556. The maximum atomic E-state index is 6.58. The quantitative estimate of drug-likeness (QED) is 0.531. The van der Waals surface area contributed by atoms with Crippen LogP contribution in [-0.4, -0.2) is 50.3 Å². The number of para-hydroxylation sites is 1. The lowest BCUT2D eigenvalue weighted by Gasteiger charge is -2.44. The van der Waals surface area contributed by atoms with E-state index >= 15 is 0 Å². The minimum atomic E-state index is 0.273. The van der Waals surface area contributed by atoms with Crippen molar-refractivity contribution in [2.24, 2.45) is 11.3 Å². The number of rotatable bonds is 7. The summed E-state index contributed by atoms with van der Waals surface area (Å²) in [6.07, 6.45) is 4.90. The van der Waals surface area contributed by atoms with E-state index in [0.717, 1.165) is 63.6 Å². The zero-order valence-corrected chi connectivity index (χ0v) is 19.9. The van der Waals surface area contributed by atoms with E-state index in [2.05, 4.69) is 66.1 Å². The van der Waals surface area contributed by atoms with Crippen molar-refractivity contribution in [3.63, 3.8) is 0 Å². The lowest BCUT2D eigenvalue weighted by Crippen LogP contribution is -2.48. The molecule has 2 fully saturated rings. The second-order valence-electron chi connectivity index (χ2n) is 9.79. The molecule has 0 bridgehead atoms. The zero-order valence-electron chi connectivity index (χ0n) is 19.1. The molecule has 2 atom stereocenters. The van der Waals surface area contributed by atoms with Gasteiger partial charge in [-0.25, -0.2) is 0 Å². The Bertz CT molecular complexity index is 819. The van der Waals surface area contributed by atoms with Gasteiger partial charge in [0.1, 0.15) is 0 Å². The van der Waals surface area contributed by atoms with Gasteiger partial charge in [0.05, 0.1) is 6.10 Å². The molecule has 0 unspecified atom stereocenters. The standard InChI is InChI=1S/C27H37ClN2O/c1-22(2)26-21-27(13-19-31-26,20-23-8-6-7-11-25(23)28)12-14-29-15-17-30(18-16-29)24-9-4-3-5-10-24/h3-11,22,26H,12-21H2,1-2H3/t26-,27-/m0/s1. The fraction of sp³-hybridized carbons (Fsp3) is 0.556. The Hall–Kier alpha value is -1.55. The molecule has 0 aliphatic carbocycles. The third-order valence-corrected chi connectivity index (χ3v) is 7.69. The lowest BCUT2D eigenvalue weighted by molar-refractivity contribution is -0.0743. The molecule has 2 heterocycles. The molecule has 31 heavy (non-hydrogen) atoms. The van der Waals surface area contributed by atoms with E-state index in [-0.39, 0.29) is 5.41 Å². The molecule has 0 saturated carbocycles. The van der Waals surface area contributed by atoms with E-state index in [1.165, 1.54) is 17.7 Å². The van der Waals surface area contributed by atoms with Crippen molar-refractivity contribution in [2.75, 3.05) is 44.2 Å². The fourth-order valence-electron chi connectivity index (χ4n) is 5.23. The van der Waals surface area contributed by atoms with Gasteiger partial charge in [0.15, 0.2) is 0 Å². The SMILES string of the molecule is CC(C)[C@@H]1C[C@](CCN2CCN(c3ccccc3)CC2)(Cc2ccccc2Cl)CCO1. The van der Waals surface area contributed by atoms with Crippen molar-refractivity contribution in [3.8, 4) is 0 Å². The second-order valence-corrected chi connectivity index (χ2v) is 10.2. The Balaban J connectivity index is 1.40. The number of piperazine rings is 1. The summed E-state index contributed by atoms with van der Waals surface area (Å²) < 4.78 is 6.16. The van der Waals surface area contributed by atoms with Gasteiger partial charge in [0, 0.05) is 43.5 Å². The largest absolute Gasteiger partial charge is 0.378 e. The first-order valence-corrected chi connectivity index (χ1v) is 12.3. The normalized spacial score (nSPS) is 25.2. The third kappa shape index (κ3) is 5.83. The molecule has 0 N–H and O–H groups in total. The van der Waals surface area contributed by atoms with Gasteiger partial charge in [-0.1, -0.05) is 61.8 Å². The molecule has 0 radical (unpaired) electrons. The number of hydrogen-bond donors (Lipinski definition) is 0. The fourth-order valence-corrected chi connectivity index (χ4v) is 5.43. The molecule has 0 amide bonds. The monoisotopic (exact) mass is 440 g/mol. The third-order valence-electron chi connectivity index (χ3n) is 7.32. The molecule has 2 aromatic carbocycles. The smallest absolute Gasteiger partial charge is 0.0603 e. The van der Waals surface area contributed by atoms with Gasteiger partial charge in [0.25, 0.3) is 0 Å². The van der Waals surface area contributed by atoms with Crippen LogP contribution in [0.3, 0.4) is 0 Å². The van der Waals surface area contributed by atoms with E-state index < -0.39 is 0 Å². The van der Waals surface area contributed by atoms with E-state index in [1.807, 2.05) is 12.1 Å². The average molecular weight is 441 g/mol. The summed E-state index contributed by atoms with van der Waals surface area (Å²) in [6, 6.07) is 19.2. The summed E-state index contributed by atoms with van der Waals surface area (Å²) >= 11 is 6.58. The zero-order chi connectivity index (χ0) is 21.7. The van der Waals surface area contributed by atoms with E-state index in [9.17, 15) is 0 Å². The van der Waals surface area contributed by atoms with E-state index in [1.54, 1.807) is 0 Å². The van der Waals surface area contributed by atoms with Crippen molar-refractivity contribution in [1.82, 2.24) is 4.90 Å². The average Bonchev–Trinajstić information content (AvgIpc) is 2.80. The molecule has 2 saturated heterocycles. The predicted octanol–water partition coefficient (Wildman–Crippen LogP) is 5.92. The van der Waals surface area contributed by atoms with Crippen LogP contribution in [0.1, 0.15) is 38.7 Å². The highest BCUT2D eigenvalue weighted by Crippen LogP contribution is 2.43. The van der Waals surface area contributed by atoms with Crippen molar-refractivity contribution < 1.29 is 4.74 Å². The topological polar surface area (TPSA) is 15.7 Å². The first-order valence-electron chi connectivity index (χ1n) is 11.9. The van der Waals surface area contributed by atoms with Crippen LogP contribution in [0.4, 0.5) is 5.69 Å². The maximum Gasteiger partial charge on any atom is 0.0603 e. The van der Waals surface area contributed by atoms with Gasteiger partial charge in [-0.05, 0) is 67.3 Å². The minimum Gasteiger partial charge on any atom is -0.378 e. The van der Waals surface area contributed by atoms with E-state index in [4.69, 9.17) is 16.3 Å². The van der Waals surface area contributed by atoms with Crippen LogP contribution in [0, 0.1) is 11.3 Å². The molecule has 168 valence electrons. The van der Waals surface area contributed by atoms with Gasteiger partial charge in [0.2, 0.25) is 0 Å². The minimum absolute atomic E-state index is 0.273. The molecular formula is C27H37ClN2O. The molecule has 2 aliphatic heterocycles. The summed E-state index contributed by atoms with van der Waals surface area (Å²) in [7, 11) is 0. The summed E-state index contributed by atoms with van der Waals surface area (Å²) in [5, 5.41) is 0.908. The summed E-state index contributed by atoms with van der Waals surface area (Å²) in [6.45, 7) is 11.1. The molecule has 4 heteroatoms. The lowest BCUT2D eigenvalue weighted by atomic mass is 9.69. The number of benzene rings is 2. The molecule has 4 rings (SSSR count). The van der Waals surface area contributed by atoms with Crippen LogP contribution in [0.25, 0.3) is 0 Å². The highest BCUT2D eigenvalue weighted by atomic mass is 35.5. The van der Waals surface area contributed by atoms with Crippen LogP contribution in [-0.2, 0) is 11.2 Å². The summed E-state index contributed by atoms with van der Waals surface area (Å²) in [4.78, 5) is 5.17. The Kier molecular flexibility index (Phi) is 7.58. The maximum absolute atomic E-state index is 6.58. The first kappa shape index (κ1) is 22.6. The van der Waals surface area contributed by atoms with E-state index in [0.29, 0.717) is 12.0 Å². The molecular weight excluding hydrogens is 404 g/mol. The highest BCUT2D eigenvalue weighted by molar-refractivity contribution is 6.31. The number of anilines is 1. The molecule has 2 aromatic rings. The first-order chi connectivity index (χ1) is 15.0. The molecule has 3 nitrogen and oxygen atoms in total. The number of hydrogen-bond acceptors (Lipinski definition) is 3. The second kappa shape index (κ2) is 10.4. The van der Waals surface area contributed by atoms with Crippen LogP contribution >= 0.6 is 11.6 Å². The molecule has 2 aliphatic rings. The van der Waals surface area contributed by atoms with Crippen molar-refractivity contribution >= 4 is 17.3 Å². The Morgan fingerprint density at radius 1 is 1.00 bits per heavy atom. The highest BCUT2D eigenvalue weighted by Gasteiger charge is 2.38. The molecule has 0 spiro atoms. The Morgan fingerprint density at radius 2 is 1.71 bits per heavy atom. The van der Waals surface area contributed by atoms with Crippen LogP contribution in [0.5, 0.6) is 0 Å². The summed E-state index contributed by atoms with van der Waals surface area (Å²) in [5.41, 5.74) is 2.92. The van der Waals surface area contributed by atoms with Gasteiger partial charge in [-0.15, -0.1) is 0 Å². The number of halogens is 1. The number of ether oxygens (including phenoxy) is 1. The van der Waals surface area contributed by atoms with Crippen molar-refractivity contribution in [2.45, 2.75) is 45.6 Å². The van der Waals surface area contributed by atoms with Crippen LogP contribution in [0.2, 0.25) is 5.02 Å². The molecule has 0 aromatic heterocycles.